The molecule has 0 aromatic heterocycles. The molecule has 0 amide bonds. The van der Waals surface area contributed by atoms with E-state index in [-0.39, 0.29) is 26.1 Å². The fraction of sp³-hybridized carbons (Fsp3) is 0.625. The number of allylic oxidation sites excluding steroid dienone is 14. The van der Waals surface area contributed by atoms with Crippen LogP contribution in [0.2, 0.25) is 0 Å². The van der Waals surface area contributed by atoms with Gasteiger partial charge in [0.25, 0.3) is 0 Å². The van der Waals surface area contributed by atoms with Gasteiger partial charge in [-0.1, -0.05) is 137 Å². The maximum Gasteiger partial charge on any atom is 0.472 e. The number of likely N-dealkylation sites (N-methyl/N-ethyl adjacent to an activating group) is 1. The van der Waals surface area contributed by atoms with Gasteiger partial charge in [-0.3, -0.25) is 18.6 Å². The van der Waals surface area contributed by atoms with Gasteiger partial charge in [-0.25, -0.2) is 4.57 Å². The lowest BCUT2D eigenvalue weighted by atomic mass is 10.1. The zero-order chi connectivity index (χ0) is 43.7. The summed E-state index contributed by atoms with van der Waals surface area (Å²) in [6, 6.07) is 0. The Bertz CT molecular complexity index is 1340. The van der Waals surface area contributed by atoms with Crippen molar-refractivity contribution in [2.45, 2.75) is 148 Å². The Morgan fingerprint density at radius 3 is 1.78 bits per heavy atom. The summed E-state index contributed by atoms with van der Waals surface area (Å²) < 4.78 is 34.2. The molecular formula is C48H81NO9P+. The molecule has 0 rings (SSSR count). The summed E-state index contributed by atoms with van der Waals surface area (Å²) in [5.41, 5.74) is 0. The molecule has 0 aliphatic heterocycles. The van der Waals surface area contributed by atoms with Gasteiger partial charge >= 0.3 is 19.8 Å². The summed E-state index contributed by atoms with van der Waals surface area (Å²) in [5.74, 6) is -0.927. The second-order valence-electron chi connectivity index (χ2n) is 15.5. The van der Waals surface area contributed by atoms with Crippen molar-refractivity contribution in [2.24, 2.45) is 0 Å². The van der Waals surface area contributed by atoms with Crippen LogP contribution >= 0.6 is 7.82 Å². The van der Waals surface area contributed by atoms with Gasteiger partial charge in [0.15, 0.2) is 6.10 Å². The maximum absolute atomic E-state index is 12.7. The molecule has 11 heteroatoms. The summed E-state index contributed by atoms with van der Waals surface area (Å²) >= 11 is 0. The number of nitrogens with zero attached hydrogens (tertiary/aromatic N) is 1. The molecule has 2 unspecified atom stereocenters. The first-order chi connectivity index (χ1) is 28.4. The standard InChI is InChI=1S/C48H80NO9P/c1-6-8-10-11-12-13-14-15-16-17-18-19-24-27-30-33-36-40-48(52)58-46(44-57-59(53,54)56-42-41-49(3,4)5)43-55-47(51)39-35-32-29-26-23-21-20-22-25-28-31-34-38-45(50)37-9-7-2/h9,12-13,15-16,18-21,25-26,28-29,31,34,37,45-46,50H,6-8,10-11,14,17,22-24,27,30,32-33,35-36,38-44H2,1-5H3/p+1/b13-12-,16-15-,19-18-,21-20-,28-25-,29-26-,34-31+,37-9-/t45?,46-/m1/s1. The van der Waals surface area contributed by atoms with Crippen LogP contribution < -0.4 is 0 Å². The van der Waals surface area contributed by atoms with Gasteiger partial charge in [-0.05, 0) is 83.5 Å². The van der Waals surface area contributed by atoms with Gasteiger partial charge in [-0.15, -0.1) is 0 Å². The number of carbonyl (C=O) groups excluding carboxylic acids is 2. The first-order valence-corrected chi connectivity index (χ1v) is 23.6. The fourth-order valence-electron chi connectivity index (χ4n) is 5.19. The Hall–Kier alpha value is -3.11. The molecule has 0 spiro atoms. The van der Waals surface area contributed by atoms with Gasteiger partial charge in [0.05, 0.1) is 33.9 Å². The number of hydrogen-bond acceptors (Lipinski definition) is 8. The Morgan fingerprint density at radius 2 is 1.17 bits per heavy atom. The molecule has 0 aromatic carbocycles. The lowest BCUT2D eigenvalue weighted by molar-refractivity contribution is -0.870. The molecule has 0 aromatic rings. The Morgan fingerprint density at radius 1 is 0.627 bits per heavy atom. The van der Waals surface area contributed by atoms with Crippen molar-refractivity contribution in [1.29, 1.82) is 0 Å². The summed E-state index contributed by atoms with van der Waals surface area (Å²) in [7, 11) is 1.39. The lowest BCUT2D eigenvalue weighted by Gasteiger charge is -2.24. The van der Waals surface area contributed by atoms with Crippen molar-refractivity contribution in [2.75, 3.05) is 47.5 Å². The zero-order valence-corrected chi connectivity index (χ0v) is 38.2. The van der Waals surface area contributed by atoms with E-state index in [2.05, 4.69) is 61.6 Å². The summed E-state index contributed by atoms with van der Waals surface area (Å²) in [6.45, 7) is 4.02. The van der Waals surface area contributed by atoms with Gasteiger partial charge in [-0.2, -0.15) is 0 Å². The Kier molecular flexibility index (Phi) is 37.0. The molecule has 59 heavy (non-hydrogen) atoms. The zero-order valence-electron chi connectivity index (χ0n) is 37.3. The average Bonchev–Trinajstić information content (AvgIpc) is 3.18. The molecule has 0 aliphatic carbocycles. The van der Waals surface area contributed by atoms with Crippen LogP contribution in [0, 0.1) is 0 Å². The normalized spacial score (nSPS) is 15.0. The number of aliphatic hydroxyl groups is 1. The van der Waals surface area contributed by atoms with Crippen molar-refractivity contribution in [3.05, 3.63) is 97.2 Å². The van der Waals surface area contributed by atoms with Crippen LogP contribution in [0.4, 0.5) is 0 Å². The molecule has 0 saturated heterocycles. The highest BCUT2D eigenvalue weighted by molar-refractivity contribution is 7.47. The Balaban J connectivity index is 4.55. The maximum atomic E-state index is 12.7. The van der Waals surface area contributed by atoms with E-state index < -0.39 is 38.6 Å². The average molecular weight is 847 g/mol. The van der Waals surface area contributed by atoms with Crippen molar-refractivity contribution in [1.82, 2.24) is 0 Å². The Labute approximate surface area is 358 Å². The van der Waals surface area contributed by atoms with Gasteiger partial charge in [0.1, 0.15) is 19.8 Å². The molecule has 336 valence electrons. The minimum Gasteiger partial charge on any atom is -0.462 e. The van der Waals surface area contributed by atoms with Crippen LogP contribution in [0.3, 0.4) is 0 Å². The molecule has 2 N–H and O–H groups in total. The van der Waals surface area contributed by atoms with Crippen molar-refractivity contribution in [3.8, 4) is 0 Å². The number of ether oxygens (including phenoxy) is 2. The van der Waals surface area contributed by atoms with Crippen molar-refractivity contribution >= 4 is 19.8 Å². The van der Waals surface area contributed by atoms with Crippen molar-refractivity contribution < 1.29 is 47.2 Å². The molecule has 0 bridgehead atoms. The van der Waals surface area contributed by atoms with E-state index in [1.54, 1.807) is 0 Å². The third-order valence-corrected chi connectivity index (χ3v) is 9.66. The number of phosphoric acid groups is 1. The van der Waals surface area contributed by atoms with Gasteiger partial charge in [0, 0.05) is 12.8 Å². The highest BCUT2D eigenvalue weighted by Crippen LogP contribution is 2.43. The predicted octanol–water partition coefficient (Wildman–Crippen LogP) is 11.5. The molecule has 10 nitrogen and oxygen atoms in total. The second kappa shape index (κ2) is 39.1. The van der Waals surface area contributed by atoms with Gasteiger partial charge < -0.3 is 24.0 Å². The first kappa shape index (κ1) is 55.9. The summed E-state index contributed by atoms with van der Waals surface area (Å²) in [5, 5.41) is 9.77. The third-order valence-electron chi connectivity index (χ3n) is 8.67. The number of esters is 2. The summed E-state index contributed by atoms with van der Waals surface area (Å²) in [4.78, 5) is 35.4. The number of phosphoric ester groups is 1. The van der Waals surface area contributed by atoms with Crippen LogP contribution in [0.1, 0.15) is 136 Å². The van der Waals surface area contributed by atoms with Gasteiger partial charge in [0.2, 0.25) is 0 Å². The van der Waals surface area contributed by atoms with E-state index >= 15 is 0 Å². The van der Waals surface area contributed by atoms with E-state index in [0.717, 1.165) is 57.8 Å². The van der Waals surface area contributed by atoms with Crippen LogP contribution in [0.5, 0.6) is 0 Å². The molecular weight excluding hydrogens is 765 g/mol. The molecule has 0 saturated carbocycles. The second-order valence-corrected chi connectivity index (χ2v) is 17.0. The van der Waals surface area contributed by atoms with E-state index in [1.807, 2.05) is 70.6 Å². The number of aliphatic hydroxyl groups excluding tert-OH is 1. The minimum atomic E-state index is -4.41. The number of quaternary nitrogens is 1. The van der Waals surface area contributed by atoms with Crippen molar-refractivity contribution in [3.63, 3.8) is 0 Å². The van der Waals surface area contributed by atoms with E-state index in [0.29, 0.717) is 36.7 Å². The largest absolute Gasteiger partial charge is 0.472 e. The third kappa shape index (κ3) is 42.8. The minimum absolute atomic E-state index is 0.00537. The van der Waals surface area contributed by atoms with Crippen LogP contribution in [-0.4, -0.2) is 86.1 Å². The van der Waals surface area contributed by atoms with E-state index in [1.165, 1.54) is 25.7 Å². The number of unbranched alkanes of at least 4 members (excludes halogenated alkanes) is 8. The molecule has 0 fully saturated rings. The molecule has 0 radical (unpaired) electrons. The highest BCUT2D eigenvalue weighted by Gasteiger charge is 2.27. The number of rotatable bonds is 38. The smallest absolute Gasteiger partial charge is 0.462 e. The summed E-state index contributed by atoms with van der Waals surface area (Å²) in [6.07, 6.45) is 48.0. The highest BCUT2D eigenvalue weighted by atomic mass is 31.2. The quantitative estimate of drug-likeness (QED) is 0.0156. The van der Waals surface area contributed by atoms with Crippen LogP contribution in [0.15, 0.2) is 97.2 Å². The molecule has 0 heterocycles. The monoisotopic (exact) mass is 847 g/mol. The lowest BCUT2D eigenvalue weighted by Crippen LogP contribution is -2.37. The molecule has 0 aliphatic rings. The topological polar surface area (TPSA) is 129 Å². The van der Waals surface area contributed by atoms with E-state index in [4.69, 9.17) is 18.5 Å². The van der Waals surface area contributed by atoms with Crippen LogP contribution in [0.25, 0.3) is 0 Å². The number of carbonyl (C=O) groups is 2. The SMILES string of the molecule is CC/C=C\C(O)C/C=C/C=C\C/C=C\C/C=C\CCCC(=O)OC[C@H](COP(=O)(O)OCC[N+](C)(C)C)OC(=O)CCCCCC/C=C\C/C=C\C/C=C\CCCCC. The predicted molar refractivity (Wildman–Crippen MR) is 244 cm³/mol. The first-order valence-electron chi connectivity index (χ1n) is 22.1. The van der Waals surface area contributed by atoms with Crippen LogP contribution in [-0.2, 0) is 32.7 Å². The number of hydrogen-bond donors (Lipinski definition) is 2. The molecule has 3 atom stereocenters. The van der Waals surface area contributed by atoms with E-state index in [9.17, 15) is 24.2 Å². The fourth-order valence-corrected chi connectivity index (χ4v) is 5.93.